The molecule has 0 radical (unpaired) electrons. The number of nitrogens with zero attached hydrogens (tertiary/aromatic N) is 1. The van der Waals surface area contributed by atoms with E-state index < -0.39 is 0 Å². The summed E-state index contributed by atoms with van der Waals surface area (Å²) in [5, 5.41) is 9.62. The molecule has 4 nitrogen and oxygen atoms in total. The van der Waals surface area contributed by atoms with Gasteiger partial charge in [-0.1, -0.05) is 30.3 Å². The molecule has 7 heteroatoms. The number of aromatic hydroxyl groups is 1. The van der Waals surface area contributed by atoms with Crippen molar-refractivity contribution in [3.8, 4) is 5.75 Å². The number of carbonyl (C=O) groups is 2. The van der Waals surface area contributed by atoms with Crippen LogP contribution in [0.25, 0.3) is 6.08 Å². The zero-order valence-corrected chi connectivity index (χ0v) is 18.7. The van der Waals surface area contributed by atoms with Gasteiger partial charge in [0.25, 0.3) is 11.1 Å². The third-order valence-electron chi connectivity index (χ3n) is 3.90. The van der Waals surface area contributed by atoms with Crippen molar-refractivity contribution in [3.05, 3.63) is 65.6 Å². The van der Waals surface area contributed by atoms with Crippen LogP contribution >= 0.6 is 56.9 Å². The molecule has 0 spiro atoms. The Bertz CT molecular complexity index is 861. The lowest BCUT2D eigenvalue weighted by Gasteiger charge is -2.12. The van der Waals surface area contributed by atoms with Gasteiger partial charge in [-0.15, -0.1) is 0 Å². The number of phenolic OH excluding ortho intramolecular Hbond substituents is 1. The maximum Gasteiger partial charge on any atom is 0.293 e. The zero-order valence-electron chi connectivity index (χ0n) is 13.6. The molecule has 3 rings (SSSR count). The number of halogens is 2. The Morgan fingerprint density at radius 3 is 2.38 bits per heavy atom. The highest BCUT2D eigenvalue weighted by Gasteiger charge is 2.34. The molecular formula is C19H15I2NO3S. The summed E-state index contributed by atoms with van der Waals surface area (Å²) < 4.78 is 1.42. The number of aryl methyl sites for hydroxylation is 1. The van der Waals surface area contributed by atoms with Crippen LogP contribution in [0.15, 0.2) is 47.4 Å². The highest BCUT2D eigenvalue weighted by atomic mass is 127. The predicted molar refractivity (Wildman–Crippen MR) is 121 cm³/mol. The maximum atomic E-state index is 12.6. The minimum Gasteiger partial charge on any atom is -0.506 e. The second kappa shape index (κ2) is 8.75. The minimum absolute atomic E-state index is 0.225. The molecule has 0 atom stereocenters. The number of hydrogen-bond donors (Lipinski definition) is 1. The van der Waals surface area contributed by atoms with Crippen LogP contribution in [0.4, 0.5) is 4.79 Å². The van der Waals surface area contributed by atoms with Crippen LogP contribution in [-0.4, -0.2) is 27.7 Å². The van der Waals surface area contributed by atoms with E-state index in [2.05, 4.69) is 0 Å². The fourth-order valence-corrected chi connectivity index (χ4v) is 5.28. The van der Waals surface area contributed by atoms with Gasteiger partial charge in [0.1, 0.15) is 5.75 Å². The Hall–Kier alpha value is -1.07. The average molecular weight is 591 g/mol. The van der Waals surface area contributed by atoms with Gasteiger partial charge in [-0.2, -0.15) is 0 Å². The lowest BCUT2D eigenvalue weighted by Crippen LogP contribution is -2.29. The van der Waals surface area contributed by atoms with E-state index in [1.807, 2.05) is 75.5 Å². The Labute approximate surface area is 183 Å². The van der Waals surface area contributed by atoms with Crippen molar-refractivity contribution in [2.45, 2.75) is 12.8 Å². The van der Waals surface area contributed by atoms with Crippen LogP contribution in [0.3, 0.4) is 0 Å². The van der Waals surface area contributed by atoms with Crippen molar-refractivity contribution < 1.29 is 14.7 Å². The molecule has 1 aliphatic heterocycles. The SMILES string of the molecule is O=C1S/C(=C/c2cc(I)c(O)c(I)c2)C(=O)N1CCCc1ccccc1. The third kappa shape index (κ3) is 4.61. The number of thioether (sulfide) groups is 1. The number of benzene rings is 2. The highest BCUT2D eigenvalue weighted by Crippen LogP contribution is 2.34. The summed E-state index contributed by atoms with van der Waals surface area (Å²) in [5.74, 6) is -0.0106. The molecule has 0 bridgehead atoms. The van der Waals surface area contributed by atoms with E-state index in [0.717, 1.165) is 30.2 Å². The topological polar surface area (TPSA) is 57.6 Å². The van der Waals surface area contributed by atoms with Crippen molar-refractivity contribution in [3.63, 3.8) is 0 Å². The van der Waals surface area contributed by atoms with Crippen molar-refractivity contribution in [2.24, 2.45) is 0 Å². The Morgan fingerprint density at radius 2 is 1.73 bits per heavy atom. The zero-order chi connectivity index (χ0) is 18.7. The molecule has 0 aliphatic carbocycles. The number of rotatable bonds is 5. The number of carbonyl (C=O) groups excluding carboxylic acids is 2. The maximum absolute atomic E-state index is 12.6. The number of hydrogen-bond acceptors (Lipinski definition) is 4. The van der Waals surface area contributed by atoms with Gasteiger partial charge in [0.2, 0.25) is 0 Å². The summed E-state index contributed by atoms with van der Waals surface area (Å²) in [5.41, 5.74) is 2.00. The van der Waals surface area contributed by atoms with Gasteiger partial charge in [0.05, 0.1) is 12.0 Å². The van der Waals surface area contributed by atoms with E-state index in [9.17, 15) is 14.7 Å². The minimum atomic E-state index is -0.244. The summed E-state index contributed by atoms with van der Waals surface area (Å²) in [6.45, 7) is 0.418. The summed E-state index contributed by atoms with van der Waals surface area (Å²) in [4.78, 5) is 26.5. The van der Waals surface area contributed by atoms with Crippen LogP contribution in [0, 0.1) is 7.14 Å². The Kier molecular flexibility index (Phi) is 6.62. The monoisotopic (exact) mass is 591 g/mol. The fraction of sp³-hybridized carbons (Fsp3) is 0.158. The molecule has 2 aromatic rings. The lowest BCUT2D eigenvalue weighted by atomic mass is 10.1. The van der Waals surface area contributed by atoms with Gasteiger partial charge < -0.3 is 5.11 Å². The second-order valence-corrected chi connectivity index (χ2v) is 9.07. The van der Waals surface area contributed by atoms with Crippen molar-refractivity contribution in [2.75, 3.05) is 6.54 Å². The van der Waals surface area contributed by atoms with E-state index in [1.54, 1.807) is 18.2 Å². The Balaban J connectivity index is 1.68. The van der Waals surface area contributed by atoms with Gasteiger partial charge in [0.15, 0.2) is 0 Å². The van der Waals surface area contributed by atoms with Crippen LogP contribution in [0.5, 0.6) is 5.75 Å². The first-order valence-electron chi connectivity index (χ1n) is 7.93. The molecule has 0 unspecified atom stereocenters. The molecule has 2 amide bonds. The van der Waals surface area contributed by atoms with Crippen LogP contribution in [0.2, 0.25) is 0 Å². The summed E-state index contributed by atoms with van der Waals surface area (Å²) in [6.07, 6.45) is 3.28. The van der Waals surface area contributed by atoms with E-state index in [0.29, 0.717) is 18.6 Å². The summed E-state index contributed by atoms with van der Waals surface area (Å²) >= 11 is 5.06. The quantitative estimate of drug-likeness (QED) is 0.381. The predicted octanol–water partition coefficient (Wildman–Crippen LogP) is 5.27. The number of phenols is 1. The first-order valence-corrected chi connectivity index (χ1v) is 10.9. The standard InChI is InChI=1S/C19H15I2NO3S/c20-14-9-13(10-15(21)17(14)23)11-16-18(24)22(19(25)26-16)8-4-7-12-5-2-1-3-6-12/h1-3,5-6,9-11,23H,4,7-8H2/b16-11+. The molecule has 1 N–H and O–H groups in total. The molecule has 1 heterocycles. The summed E-state index contributed by atoms with van der Waals surface area (Å²) in [6, 6.07) is 13.6. The van der Waals surface area contributed by atoms with E-state index in [1.165, 1.54) is 10.5 Å². The molecular weight excluding hydrogens is 576 g/mol. The van der Waals surface area contributed by atoms with Gasteiger partial charge in [-0.05, 0) is 99.1 Å². The van der Waals surface area contributed by atoms with Gasteiger partial charge >= 0.3 is 0 Å². The smallest absolute Gasteiger partial charge is 0.293 e. The lowest BCUT2D eigenvalue weighted by molar-refractivity contribution is -0.122. The molecule has 134 valence electrons. The summed E-state index contributed by atoms with van der Waals surface area (Å²) in [7, 11) is 0. The molecule has 26 heavy (non-hydrogen) atoms. The largest absolute Gasteiger partial charge is 0.506 e. The van der Waals surface area contributed by atoms with Crippen molar-refractivity contribution in [1.82, 2.24) is 4.90 Å². The van der Waals surface area contributed by atoms with Gasteiger partial charge in [-0.25, -0.2) is 0 Å². The van der Waals surface area contributed by atoms with Gasteiger partial charge in [-0.3, -0.25) is 14.5 Å². The van der Waals surface area contributed by atoms with Crippen LogP contribution in [-0.2, 0) is 11.2 Å². The highest BCUT2D eigenvalue weighted by molar-refractivity contribution is 14.1. The van der Waals surface area contributed by atoms with E-state index in [-0.39, 0.29) is 16.9 Å². The average Bonchev–Trinajstić information content (AvgIpc) is 2.88. The van der Waals surface area contributed by atoms with Crippen molar-refractivity contribution in [1.29, 1.82) is 0 Å². The van der Waals surface area contributed by atoms with E-state index in [4.69, 9.17) is 0 Å². The van der Waals surface area contributed by atoms with Gasteiger partial charge in [0, 0.05) is 6.54 Å². The molecule has 1 saturated heterocycles. The molecule has 2 aromatic carbocycles. The molecule has 0 saturated carbocycles. The first kappa shape index (κ1) is 19.7. The van der Waals surface area contributed by atoms with Crippen molar-refractivity contribution >= 4 is 74.2 Å². The number of amides is 2. The Morgan fingerprint density at radius 1 is 1.08 bits per heavy atom. The number of imide groups is 1. The van der Waals surface area contributed by atoms with Crippen LogP contribution in [0.1, 0.15) is 17.5 Å². The van der Waals surface area contributed by atoms with Crippen LogP contribution < -0.4 is 0 Å². The third-order valence-corrected chi connectivity index (χ3v) is 6.45. The first-order chi connectivity index (χ1) is 12.5. The molecule has 1 aliphatic rings. The van der Waals surface area contributed by atoms with E-state index >= 15 is 0 Å². The molecule has 0 aromatic heterocycles. The fourth-order valence-electron chi connectivity index (χ4n) is 2.60. The second-order valence-electron chi connectivity index (χ2n) is 5.76. The normalized spacial score (nSPS) is 15.9. The molecule has 1 fully saturated rings.